The Labute approximate surface area is 182 Å². The Kier molecular flexibility index (Phi) is 5.77. The van der Waals surface area contributed by atoms with Crippen LogP contribution in [-0.2, 0) is 10.0 Å². The van der Waals surface area contributed by atoms with Crippen molar-refractivity contribution in [3.63, 3.8) is 0 Å². The van der Waals surface area contributed by atoms with Crippen molar-refractivity contribution in [3.8, 4) is 0 Å². The topological polar surface area (TPSA) is 88.4 Å². The third-order valence-corrected chi connectivity index (χ3v) is 7.48. The summed E-state index contributed by atoms with van der Waals surface area (Å²) in [6.07, 6.45) is 4.77. The first-order chi connectivity index (χ1) is 14.9. The number of sulfonamides is 1. The van der Waals surface area contributed by atoms with Gasteiger partial charge in [0.05, 0.1) is 16.6 Å². The van der Waals surface area contributed by atoms with E-state index in [1.807, 2.05) is 23.7 Å². The zero-order valence-corrected chi connectivity index (χ0v) is 18.4. The first kappa shape index (κ1) is 21.0. The minimum absolute atomic E-state index is 0.0962. The quantitative estimate of drug-likeness (QED) is 0.610. The monoisotopic (exact) mass is 439 g/mol. The van der Waals surface area contributed by atoms with Crippen LogP contribution in [0.15, 0.2) is 66.1 Å². The summed E-state index contributed by atoms with van der Waals surface area (Å²) in [6, 6.07) is 13.7. The maximum atomic E-state index is 13.1. The van der Waals surface area contributed by atoms with Crippen molar-refractivity contribution in [3.05, 3.63) is 72.3 Å². The van der Waals surface area contributed by atoms with Crippen molar-refractivity contribution in [2.75, 3.05) is 24.4 Å². The molecule has 8 nitrogen and oxygen atoms in total. The highest BCUT2D eigenvalue weighted by atomic mass is 32.2. The smallest absolute Gasteiger partial charge is 0.264 e. The zero-order chi connectivity index (χ0) is 22.0. The average Bonchev–Trinajstić information content (AvgIpc) is 3.34. The number of rotatable bonds is 5. The minimum Gasteiger partial charge on any atom is -0.338 e. The van der Waals surface area contributed by atoms with E-state index in [0.29, 0.717) is 24.3 Å². The van der Waals surface area contributed by atoms with Gasteiger partial charge >= 0.3 is 0 Å². The van der Waals surface area contributed by atoms with Gasteiger partial charge in [0.2, 0.25) is 0 Å². The van der Waals surface area contributed by atoms with Crippen LogP contribution in [0.5, 0.6) is 0 Å². The second-order valence-corrected chi connectivity index (χ2v) is 9.70. The van der Waals surface area contributed by atoms with Crippen LogP contribution in [0.1, 0.15) is 34.8 Å². The van der Waals surface area contributed by atoms with Gasteiger partial charge in [0, 0.05) is 25.7 Å². The van der Waals surface area contributed by atoms with Crippen LogP contribution in [0.25, 0.3) is 0 Å². The predicted octanol–water partition coefficient (Wildman–Crippen LogP) is 2.89. The first-order valence-corrected chi connectivity index (χ1v) is 11.6. The van der Waals surface area contributed by atoms with Gasteiger partial charge in [-0.15, -0.1) is 0 Å². The molecule has 1 aliphatic heterocycles. The molecule has 0 aliphatic carbocycles. The second-order valence-electron chi connectivity index (χ2n) is 7.73. The lowest BCUT2D eigenvalue weighted by molar-refractivity contribution is 0.0689. The van der Waals surface area contributed by atoms with Crippen molar-refractivity contribution in [2.45, 2.75) is 30.7 Å². The Hall–Kier alpha value is -3.20. The number of hydrogen-bond acceptors (Lipinski definition) is 5. The molecule has 1 saturated heterocycles. The van der Waals surface area contributed by atoms with Crippen LogP contribution in [0.2, 0.25) is 0 Å². The van der Waals surface area contributed by atoms with Gasteiger partial charge in [-0.1, -0.05) is 23.8 Å². The second kappa shape index (κ2) is 8.50. The normalized spacial score (nSPS) is 15.1. The average molecular weight is 440 g/mol. The summed E-state index contributed by atoms with van der Waals surface area (Å²) in [6.45, 7) is 3.12. The van der Waals surface area contributed by atoms with E-state index in [1.54, 1.807) is 35.5 Å². The lowest BCUT2D eigenvalue weighted by atomic mass is 10.0. The lowest BCUT2D eigenvalue weighted by Crippen LogP contribution is -2.39. The van der Waals surface area contributed by atoms with Crippen molar-refractivity contribution in [1.29, 1.82) is 0 Å². The van der Waals surface area contributed by atoms with E-state index in [9.17, 15) is 13.2 Å². The Morgan fingerprint density at radius 2 is 1.81 bits per heavy atom. The Morgan fingerprint density at radius 1 is 1.10 bits per heavy atom. The summed E-state index contributed by atoms with van der Waals surface area (Å²) in [5.41, 5.74) is 1.99. The number of aryl methyl sites for hydroxylation is 1. The van der Waals surface area contributed by atoms with E-state index in [-0.39, 0.29) is 16.8 Å². The molecule has 1 aliphatic rings. The SMILES string of the molecule is Cc1ccc(N(C)S(=O)(=O)c2cccc(C(=O)N3CCC(n4cncn4)CC3)c2)cc1. The van der Waals surface area contributed by atoms with Gasteiger partial charge in [0.25, 0.3) is 15.9 Å². The van der Waals surface area contributed by atoms with E-state index in [4.69, 9.17) is 0 Å². The van der Waals surface area contributed by atoms with Crippen molar-refractivity contribution in [1.82, 2.24) is 19.7 Å². The number of amides is 1. The Bertz CT molecular complexity index is 1150. The standard InChI is InChI=1S/C22H25N5O3S/c1-17-6-8-19(9-7-17)25(2)31(29,30)21-5-3-4-18(14-21)22(28)26-12-10-20(11-13-26)27-16-23-15-24-27/h3-9,14-16,20H,10-13H2,1-2H3. The molecule has 0 unspecified atom stereocenters. The maximum Gasteiger partial charge on any atom is 0.264 e. The van der Waals surface area contributed by atoms with Crippen molar-refractivity contribution >= 4 is 21.6 Å². The van der Waals surface area contributed by atoms with Gasteiger partial charge in [-0.25, -0.2) is 18.1 Å². The van der Waals surface area contributed by atoms with Gasteiger partial charge in [-0.05, 0) is 50.1 Å². The molecule has 1 aromatic heterocycles. The zero-order valence-electron chi connectivity index (χ0n) is 17.5. The third-order valence-electron chi connectivity index (χ3n) is 5.70. The molecule has 1 fully saturated rings. The van der Waals surface area contributed by atoms with Crippen LogP contribution in [0.3, 0.4) is 0 Å². The molecule has 1 amide bonds. The predicted molar refractivity (Wildman–Crippen MR) is 117 cm³/mol. The fraction of sp³-hybridized carbons (Fsp3) is 0.318. The van der Waals surface area contributed by atoms with E-state index in [1.165, 1.54) is 29.8 Å². The molecule has 0 radical (unpaired) electrons. The molecule has 31 heavy (non-hydrogen) atoms. The number of benzene rings is 2. The van der Waals surface area contributed by atoms with E-state index >= 15 is 0 Å². The highest BCUT2D eigenvalue weighted by molar-refractivity contribution is 7.92. The van der Waals surface area contributed by atoms with Gasteiger partial charge in [-0.3, -0.25) is 9.10 Å². The Balaban J connectivity index is 1.50. The van der Waals surface area contributed by atoms with E-state index < -0.39 is 10.0 Å². The summed E-state index contributed by atoms with van der Waals surface area (Å²) in [4.78, 5) is 18.9. The van der Waals surface area contributed by atoms with Crippen molar-refractivity contribution in [2.24, 2.45) is 0 Å². The first-order valence-electron chi connectivity index (χ1n) is 10.2. The van der Waals surface area contributed by atoms with Gasteiger partial charge in [-0.2, -0.15) is 5.10 Å². The largest absolute Gasteiger partial charge is 0.338 e. The fourth-order valence-corrected chi connectivity index (χ4v) is 5.01. The van der Waals surface area contributed by atoms with Gasteiger partial charge in [0.1, 0.15) is 12.7 Å². The Morgan fingerprint density at radius 3 is 2.45 bits per heavy atom. The highest BCUT2D eigenvalue weighted by Crippen LogP contribution is 2.25. The van der Waals surface area contributed by atoms with Crippen LogP contribution in [-0.4, -0.2) is 54.1 Å². The van der Waals surface area contributed by atoms with Crippen LogP contribution < -0.4 is 4.31 Å². The molecule has 3 aromatic rings. The molecule has 0 atom stereocenters. The third kappa shape index (κ3) is 4.32. The molecule has 4 rings (SSSR count). The van der Waals surface area contributed by atoms with Crippen molar-refractivity contribution < 1.29 is 13.2 Å². The number of hydrogen-bond donors (Lipinski definition) is 0. The molecule has 0 spiro atoms. The number of aromatic nitrogens is 3. The number of anilines is 1. The minimum atomic E-state index is -3.79. The molecule has 162 valence electrons. The number of carbonyl (C=O) groups excluding carboxylic acids is 1. The number of piperidine rings is 1. The van der Waals surface area contributed by atoms with Crippen LogP contribution in [0, 0.1) is 6.92 Å². The molecular weight excluding hydrogens is 414 g/mol. The lowest BCUT2D eigenvalue weighted by Gasteiger charge is -2.32. The number of likely N-dealkylation sites (tertiary alicyclic amines) is 1. The number of carbonyl (C=O) groups is 1. The molecule has 2 aromatic carbocycles. The molecule has 2 heterocycles. The molecule has 9 heteroatoms. The molecule has 0 N–H and O–H groups in total. The van der Waals surface area contributed by atoms with Crippen LogP contribution in [0.4, 0.5) is 5.69 Å². The highest BCUT2D eigenvalue weighted by Gasteiger charge is 2.27. The fourth-order valence-electron chi connectivity index (χ4n) is 3.76. The van der Waals surface area contributed by atoms with E-state index in [0.717, 1.165) is 18.4 Å². The van der Waals surface area contributed by atoms with E-state index in [2.05, 4.69) is 10.1 Å². The van der Waals surface area contributed by atoms with Gasteiger partial charge in [0.15, 0.2) is 0 Å². The van der Waals surface area contributed by atoms with Crippen LogP contribution >= 0.6 is 0 Å². The molecule has 0 saturated carbocycles. The summed E-state index contributed by atoms with van der Waals surface area (Å²) < 4.78 is 29.3. The summed E-state index contributed by atoms with van der Waals surface area (Å²) in [5.74, 6) is -0.160. The molecular formula is C22H25N5O3S. The summed E-state index contributed by atoms with van der Waals surface area (Å²) in [5, 5.41) is 4.18. The number of nitrogens with zero attached hydrogens (tertiary/aromatic N) is 5. The van der Waals surface area contributed by atoms with Gasteiger partial charge < -0.3 is 4.90 Å². The molecule has 0 bridgehead atoms. The summed E-state index contributed by atoms with van der Waals surface area (Å²) in [7, 11) is -2.27. The maximum absolute atomic E-state index is 13.1. The summed E-state index contributed by atoms with van der Waals surface area (Å²) >= 11 is 0.